The molecule has 0 radical (unpaired) electrons. The summed E-state index contributed by atoms with van der Waals surface area (Å²) in [4.78, 5) is 14.3. The molecule has 1 atom stereocenters. The summed E-state index contributed by atoms with van der Waals surface area (Å²) < 4.78 is 17.5. The summed E-state index contributed by atoms with van der Waals surface area (Å²) in [6.07, 6.45) is 0.686. The minimum atomic E-state index is -3.23. The summed E-state index contributed by atoms with van der Waals surface area (Å²) in [6.45, 7) is 9.61. The molecule has 0 N–H and O–H groups in total. The molecule has 1 aliphatic rings. The predicted molar refractivity (Wildman–Crippen MR) is 81.7 cm³/mol. The van der Waals surface area contributed by atoms with Crippen LogP contribution in [0.15, 0.2) is 0 Å². The van der Waals surface area contributed by atoms with E-state index in [9.17, 15) is 9.46 Å². The van der Waals surface area contributed by atoms with Gasteiger partial charge in [-0.1, -0.05) is 0 Å². The molecule has 19 heavy (non-hydrogen) atoms. The van der Waals surface area contributed by atoms with Gasteiger partial charge in [0.1, 0.15) is 0 Å². The Morgan fingerprint density at radius 1 is 1.16 bits per heavy atom. The number of hydrogen-bond donors (Lipinski definition) is 0. The number of hydrogen-bond acceptors (Lipinski definition) is 4. The molecule has 1 unspecified atom stereocenters. The zero-order valence-electron chi connectivity index (χ0n) is 12.7. The second-order valence-corrected chi connectivity index (χ2v) is 19.9. The Kier molecular flexibility index (Phi) is 7.62. The molecule has 4 nitrogen and oxygen atoms in total. The molecule has 0 aliphatic carbocycles. The van der Waals surface area contributed by atoms with Crippen molar-refractivity contribution in [1.29, 1.82) is 0 Å². The molecule has 1 fully saturated rings. The van der Waals surface area contributed by atoms with Crippen LogP contribution in [0.3, 0.4) is 0 Å². The monoisotopic (exact) mass is 352 g/mol. The second-order valence-electron chi connectivity index (χ2n) is 5.72. The third-order valence-corrected chi connectivity index (χ3v) is 19.6. The van der Waals surface area contributed by atoms with E-state index in [-0.39, 0.29) is 6.29 Å². The normalized spacial score (nSPS) is 21.3. The van der Waals surface area contributed by atoms with Gasteiger partial charge in [-0.2, -0.15) is 0 Å². The molecule has 1 heterocycles. The molecule has 6 heteroatoms. The van der Waals surface area contributed by atoms with Crippen molar-refractivity contribution in [2.75, 3.05) is 38.8 Å². The Morgan fingerprint density at radius 2 is 1.68 bits per heavy atom. The Labute approximate surface area is 120 Å². The summed E-state index contributed by atoms with van der Waals surface area (Å²) in [5.74, 6) is 0. The van der Waals surface area contributed by atoms with Crippen LogP contribution in [-0.4, -0.2) is 56.9 Å². The van der Waals surface area contributed by atoms with Crippen LogP contribution in [-0.2, 0) is 9.30 Å². The van der Waals surface area contributed by atoms with Crippen LogP contribution in [0.5, 0.6) is 0 Å². The van der Waals surface area contributed by atoms with E-state index >= 15 is 0 Å². The van der Waals surface area contributed by atoms with Crippen molar-refractivity contribution in [2.24, 2.45) is 0 Å². The maximum absolute atomic E-state index is 12.3. The van der Waals surface area contributed by atoms with Gasteiger partial charge in [-0.15, -0.1) is 0 Å². The van der Waals surface area contributed by atoms with Gasteiger partial charge in [0.25, 0.3) is 0 Å². The number of nitrogens with zero attached hydrogens (tertiary/aromatic N) is 1. The molecule has 0 aromatic rings. The quantitative estimate of drug-likeness (QED) is 0.498. The zero-order valence-corrected chi connectivity index (χ0v) is 15.7. The first-order valence-corrected chi connectivity index (χ1v) is 15.5. The van der Waals surface area contributed by atoms with Crippen molar-refractivity contribution in [1.82, 2.24) is 4.90 Å². The Balaban J connectivity index is 2.46. The fourth-order valence-electron chi connectivity index (χ4n) is 2.81. The third-order valence-electron chi connectivity index (χ3n) is 4.75. The maximum atomic E-state index is 12.3. The molecule has 0 aromatic heterocycles. The fraction of sp³-hybridized carbons (Fsp3) is 1.00. The van der Waals surface area contributed by atoms with E-state index < -0.39 is 20.6 Å². The van der Waals surface area contributed by atoms with Crippen molar-refractivity contribution in [3.05, 3.63) is 0 Å². The van der Waals surface area contributed by atoms with Gasteiger partial charge in [0.2, 0.25) is 0 Å². The molecule has 0 amide bonds. The standard InChI is InChI=1S/C13H30GeNO3P/c1-4-14(5-2,6-3)7-12-19(16,17)13-15-8-10-18-11-9-15/h4-13H2,1-3H3,(H,16,17)/p-1. The van der Waals surface area contributed by atoms with Gasteiger partial charge in [-0.25, -0.2) is 0 Å². The van der Waals surface area contributed by atoms with Gasteiger partial charge < -0.3 is 0 Å². The first-order valence-electron chi connectivity index (χ1n) is 7.56. The summed E-state index contributed by atoms with van der Waals surface area (Å²) in [5.41, 5.74) is 0. The van der Waals surface area contributed by atoms with Crippen molar-refractivity contribution < 1.29 is 14.2 Å². The van der Waals surface area contributed by atoms with Crippen LogP contribution < -0.4 is 4.89 Å². The average Bonchev–Trinajstić information content (AvgIpc) is 2.41. The predicted octanol–water partition coefficient (Wildman–Crippen LogP) is 2.42. The second kappa shape index (κ2) is 8.18. The van der Waals surface area contributed by atoms with E-state index in [0.717, 1.165) is 18.3 Å². The minimum absolute atomic E-state index is 0.256. The number of ether oxygens (including phenoxy) is 1. The van der Waals surface area contributed by atoms with Crippen molar-refractivity contribution >= 4 is 20.6 Å². The van der Waals surface area contributed by atoms with Gasteiger partial charge in [0.15, 0.2) is 0 Å². The molecule has 114 valence electrons. The first-order chi connectivity index (χ1) is 8.97. The summed E-state index contributed by atoms with van der Waals surface area (Å²) >= 11 is -1.84. The van der Waals surface area contributed by atoms with Gasteiger partial charge in [-0.05, 0) is 0 Å². The Bertz CT molecular complexity index is 296. The van der Waals surface area contributed by atoms with Crippen LogP contribution >= 0.6 is 7.37 Å². The van der Waals surface area contributed by atoms with Crippen LogP contribution in [0.25, 0.3) is 0 Å². The molecule has 1 aliphatic heterocycles. The number of morpholine rings is 1. The summed E-state index contributed by atoms with van der Waals surface area (Å²) in [7, 11) is -3.23. The van der Waals surface area contributed by atoms with Crippen LogP contribution in [0, 0.1) is 0 Å². The third kappa shape index (κ3) is 5.88. The SMILES string of the molecule is C[CH2][Ge]([CH2]C)([CH2]C)[CH2]CP(=O)([O-])CN1CCOCC1. The summed E-state index contributed by atoms with van der Waals surface area (Å²) in [6, 6.07) is 0. The van der Waals surface area contributed by atoms with E-state index in [4.69, 9.17) is 4.74 Å². The van der Waals surface area contributed by atoms with E-state index in [2.05, 4.69) is 20.8 Å². The Hall–Kier alpha value is 0.653. The van der Waals surface area contributed by atoms with Crippen molar-refractivity contribution in [3.8, 4) is 0 Å². The molecular weight excluding hydrogens is 322 g/mol. The molecule has 1 rings (SSSR count). The van der Waals surface area contributed by atoms with Crippen molar-refractivity contribution in [2.45, 2.75) is 41.8 Å². The molecular formula is C13H29GeNO3P-. The molecule has 0 saturated carbocycles. The van der Waals surface area contributed by atoms with Gasteiger partial charge in [-0.3, -0.25) is 0 Å². The summed E-state index contributed by atoms with van der Waals surface area (Å²) in [5, 5.41) is 4.76. The van der Waals surface area contributed by atoms with Crippen molar-refractivity contribution in [3.63, 3.8) is 0 Å². The van der Waals surface area contributed by atoms with E-state index in [0.29, 0.717) is 19.4 Å². The molecule has 0 bridgehead atoms. The fourth-order valence-corrected chi connectivity index (χ4v) is 15.2. The van der Waals surface area contributed by atoms with E-state index in [1.54, 1.807) is 0 Å². The van der Waals surface area contributed by atoms with E-state index in [1.165, 1.54) is 15.8 Å². The first kappa shape index (κ1) is 17.7. The van der Waals surface area contributed by atoms with Gasteiger partial charge in [0.05, 0.1) is 0 Å². The number of rotatable bonds is 8. The Morgan fingerprint density at radius 3 is 2.16 bits per heavy atom. The molecule has 0 spiro atoms. The molecule has 1 saturated heterocycles. The van der Waals surface area contributed by atoms with Crippen LogP contribution in [0.4, 0.5) is 0 Å². The average molecular weight is 351 g/mol. The molecule has 0 aromatic carbocycles. The topological polar surface area (TPSA) is 52.6 Å². The van der Waals surface area contributed by atoms with Gasteiger partial charge >= 0.3 is 120 Å². The zero-order chi connectivity index (χ0) is 14.4. The van der Waals surface area contributed by atoms with Crippen LogP contribution in [0.1, 0.15) is 20.8 Å². The van der Waals surface area contributed by atoms with Crippen LogP contribution in [0.2, 0.25) is 21.0 Å². The van der Waals surface area contributed by atoms with E-state index in [1.807, 2.05) is 4.90 Å². The van der Waals surface area contributed by atoms with Gasteiger partial charge in [0, 0.05) is 0 Å².